The number of phenols is 1. The number of rotatable bonds is 2. The summed E-state index contributed by atoms with van der Waals surface area (Å²) >= 11 is 0. The summed E-state index contributed by atoms with van der Waals surface area (Å²) in [5, 5.41) is 17.4. The standard InChI is InChI=1S/C8H9NO3.H2O4S/c9-7(8(11)12)5-1-3-6(10)4-2-5;1-5(2,3)4/h1-4,7,10H,9H2,(H,11,12);(H2,1,2,3,4)/t7-;/m0./s1. The molecule has 96 valence electrons. The van der Waals surface area contributed by atoms with Crippen LogP contribution < -0.4 is 5.73 Å². The molecule has 6 N–H and O–H groups in total. The molecule has 0 aliphatic carbocycles. The van der Waals surface area contributed by atoms with Gasteiger partial charge in [0.25, 0.3) is 0 Å². The molecule has 0 aromatic heterocycles. The van der Waals surface area contributed by atoms with Gasteiger partial charge < -0.3 is 15.9 Å². The van der Waals surface area contributed by atoms with Gasteiger partial charge in [-0.2, -0.15) is 8.42 Å². The summed E-state index contributed by atoms with van der Waals surface area (Å²) in [4.78, 5) is 10.4. The van der Waals surface area contributed by atoms with Crippen molar-refractivity contribution in [2.24, 2.45) is 5.73 Å². The Bertz CT molecular complexity index is 459. The zero-order valence-corrected chi connectivity index (χ0v) is 9.20. The molecule has 0 bridgehead atoms. The molecule has 0 amide bonds. The second-order valence-corrected chi connectivity index (χ2v) is 3.75. The molecule has 0 radical (unpaired) electrons. The molecule has 9 heteroatoms. The van der Waals surface area contributed by atoms with E-state index < -0.39 is 22.4 Å². The first-order valence-electron chi connectivity index (χ1n) is 4.08. The number of hydrogen-bond donors (Lipinski definition) is 5. The number of aromatic hydroxyl groups is 1. The molecule has 1 aromatic rings. The Morgan fingerprint density at radius 1 is 1.18 bits per heavy atom. The van der Waals surface area contributed by atoms with Crippen molar-refractivity contribution >= 4 is 16.4 Å². The minimum Gasteiger partial charge on any atom is -0.508 e. The Balaban J connectivity index is 0.000000437. The number of hydrogen-bond acceptors (Lipinski definition) is 5. The Hall–Kier alpha value is -1.68. The summed E-state index contributed by atoms with van der Waals surface area (Å²) in [6.45, 7) is 0. The molecule has 1 atom stereocenters. The van der Waals surface area contributed by atoms with E-state index in [1.807, 2.05) is 0 Å². The largest absolute Gasteiger partial charge is 0.508 e. The molecule has 0 spiro atoms. The van der Waals surface area contributed by atoms with E-state index in [1.54, 1.807) is 0 Å². The number of nitrogens with two attached hydrogens (primary N) is 1. The summed E-state index contributed by atoms with van der Waals surface area (Å²) in [7, 11) is -4.67. The molecular formula is C8H11NO7S. The molecule has 0 unspecified atom stereocenters. The van der Waals surface area contributed by atoms with Gasteiger partial charge in [-0.1, -0.05) is 12.1 Å². The van der Waals surface area contributed by atoms with E-state index in [4.69, 9.17) is 33.5 Å². The predicted molar refractivity (Wildman–Crippen MR) is 56.8 cm³/mol. The summed E-state index contributed by atoms with van der Waals surface area (Å²) in [6.07, 6.45) is 0. The van der Waals surface area contributed by atoms with Crippen molar-refractivity contribution < 1.29 is 32.5 Å². The first kappa shape index (κ1) is 15.3. The second kappa shape index (κ2) is 6.15. The van der Waals surface area contributed by atoms with Gasteiger partial charge >= 0.3 is 16.4 Å². The third-order valence-electron chi connectivity index (χ3n) is 1.52. The maximum absolute atomic E-state index is 10.4. The van der Waals surface area contributed by atoms with Crippen LogP contribution >= 0.6 is 0 Å². The van der Waals surface area contributed by atoms with E-state index >= 15 is 0 Å². The summed E-state index contributed by atoms with van der Waals surface area (Å²) in [5.41, 5.74) is 5.78. The Morgan fingerprint density at radius 2 is 1.53 bits per heavy atom. The fourth-order valence-corrected chi connectivity index (χ4v) is 0.824. The minimum atomic E-state index is -4.67. The highest BCUT2D eigenvalue weighted by molar-refractivity contribution is 7.79. The van der Waals surface area contributed by atoms with Crippen LogP contribution in [-0.4, -0.2) is 33.7 Å². The number of carboxylic acid groups (broad SMARTS) is 1. The van der Waals surface area contributed by atoms with Crippen LogP contribution in [0.4, 0.5) is 0 Å². The summed E-state index contributed by atoms with van der Waals surface area (Å²) < 4.78 is 31.6. The van der Waals surface area contributed by atoms with E-state index in [9.17, 15) is 4.79 Å². The Morgan fingerprint density at radius 3 is 1.82 bits per heavy atom. The van der Waals surface area contributed by atoms with Gasteiger partial charge in [0.2, 0.25) is 0 Å². The fraction of sp³-hybridized carbons (Fsp3) is 0.125. The Kier molecular flexibility index (Phi) is 5.55. The van der Waals surface area contributed by atoms with E-state index in [2.05, 4.69) is 0 Å². The highest BCUT2D eigenvalue weighted by Crippen LogP contribution is 2.14. The maximum atomic E-state index is 10.4. The van der Waals surface area contributed by atoms with E-state index in [0.29, 0.717) is 5.56 Å². The molecule has 0 heterocycles. The number of phenolic OH excluding ortho intramolecular Hbond substituents is 1. The lowest BCUT2D eigenvalue weighted by atomic mass is 10.1. The van der Waals surface area contributed by atoms with Crippen molar-refractivity contribution in [1.82, 2.24) is 0 Å². The van der Waals surface area contributed by atoms with Gasteiger partial charge in [-0.05, 0) is 17.7 Å². The highest BCUT2D eigenvalue weighted by atomic mass is 32.3. The van der Waals surface area contributed by atoms with Crippen LogP contribution in [0.3, 0.4) is 0 Å². The van der Waals surface area contributed by atoms with Crippen LogP contribution in [-0.2, 0) is 15.2 Å². The quantitative estimate of drug-likeness (QED) is 0.460. The van der Waals surface area contributed by atoms with Gasteiger partial charge in [0.05, 0.1) is 0 Å². The highest BCUT2D eigenvalue weighted by Gasteiger charge is 2.13. The first-order valence-corrected chi connectivity index (χ1v) is 5.48. The molecule has 1 aromatic carbocycles. The minimum absolute atomic E-state index is 0.0938. The molecule has 0 saturated carbocycles. The molecule has 0 fully saturated rings. The molecule has 1 rings (SSSR count). The lowest BCUT2D eigenvalue weighted by Gasteiger charge is -2.05. The Labute approximate surface area is 96.9 Å². The third-order valence-corrected chi connectivity index (χ3v) is 1.52. The molecular weight excluding hydrogens is 254 g/mol. The third kappa shape index (κ3) is 8.16. The van der Waals surface area contributed by atoms with E-state index in [0.717, 1.165) is 0 Å². The lowest BCUT2D eigenvalue weighted by Crippen LogP contribution is -2.20. The van der Waals surface area contributed by atoms with Gasteiger partial charge in [0.1, 0.15) is 11.8 Å². The fourth-order valence-electron chi connectivity index (χ4n) is 0.824. The van der Waals surface area contributed by atoms with Crippen LogP contribution in [0.5, 0.6) is 5.75 Å². The first-order chi connectivity index (χ1) is 7.61. The topological polar surface area (TPSA) is 158 Å². The van der Waals surface area contributed by atoms with Crippen LogP contribution in [0, 0.1) is 0 Å². The number of carbonyl (C=O) groups is 1. The summed E-state index contributed by atoms with van der Waals surface area (Å²) in [5.74, 6) is -0.989. The van der Waals surface area contributed by atoms with E-state index in [-0.39, 0.29) is 5.75 Å². The van der Waals surface area contributed by atoms with Crippen LogP contribution in [0.1, 0.15) is 11.6 Å². The molecule has 0 aliphatic rings. The van der Waals surface area contributed by atoms with Crippen molar-refractivity contribution in [2.45, 2.75) is 6.04 Å². The lowest BCUT2D eigenvalue weighted by molar-refractivity contribution is -0.138. The smallest absolute Gasteiger partial charge is 0.394 e. The number of benzene rings is 1. The zero-order valence-electron chi connectivity index (χ0n) is 8.39. The van der Waals surface area contributed by atoms with Crippen molar-refractivity contribution in [2.75, 3.05) is 0 Å². The van der Waals surface area contributed by atoms with E-state index in [1.165, 1.54) is 24.3 Å². The second-order valence-electron chi connectivity index (χ2n) is 2.86. The molecule has 0 aliphatic heterocycles. The van der Waals surface area contributed by atoms with Gasteiger partial charge in [-0.3, -0.25) is 13.9 Å². The van der Waals surface area contributed by atoms with Crippen molar-refractivity contribution in [1.29, 1.82) is 0 Å². The van der Waals surface area contributed by atoms with Crippen molar-refractivity contribution in [3.05, 3.63) is 29.8 Å². The SMILES string of the molecule is N[C@H](C(=O)O)c1ccc(O)cc1.O=S(=O)(O)O. The summed E-state index contributed by atoms with van der Waals surface area (Å²) in [6, 6.07) is 4.74. The molecule has 8 nitrogen and oxygen atoms in total. The van der Waals surface area contributed by atoms with Crippen molar-refractivity contribution in [3.63, 3.8) is 0 Å². The van der Waals surface area contributed by atoms with Crippen molar-refractivity contribution in [3.8, 4) is 5.75 Å². The van der Waals surface area contributed by atoms with Crippen LogP contribution in [0.15, 0.2) is 24.3 Å². The zero-order chi connectivity index (χ0) is 13.6. The predicted octanol–water partition coefficient (Wildman–Crippen LogP) is -0.176. The average molecular weight is 265 g/mol. The monoisotopic (exact) mass is 265 g/mol. The average Bonchev–Trinajstić information content (AvgIpc) is 2.15. The van der Waals surface area contributed by atoms with Crippen LogP contribution in [0.25, 0.3) is 0 Å². The van der Waals surface area contributed by atoms with Gasteiger partial charge in [0, 0.05) is 0 Å². The van der Waals surface area contributed by atoms with Gasteiger partial charge in [-0.15, -0.1) is 0 Å². The normalized spacial score (nSPS) is 12.2. The molecule has 17 heavy (non-hydrogen) atoms. The number of carboxylic acids is 1. The molecule has 0 saturated heterocycles. The number of aliphatic carboxylic acids is 1. The van der Waals surface area contributed by atoms with Gasteiger partial charge in [-0.25, -0.2) is 0 Å². The maximum Gasteiger partial charge on any atom is 0.394 e. The van der Waals surface area contributed by atoms with Gasteiger partial charge in [0.15, 0.2) is 0 Å². The van der Waals surface area contributed by atoms with Crippen LogP contribution in [0.2, 0.25) is 0 Å².